The Balaban J connectivity index is 2.89. The Labute approximate surface area is 72.7 Å². The van der Waals surface area contributed by atoms with Gasteiger partial charge in [0.25, 0.3) is 0 Å². The van der Waals surface area contributed by atoms with E-state index < -0.39 is 0 Å². The molecule has 0 aromatic rings. The van der Waals surface area contributed by atoms with Gasteiger partial charge < -0.3 is 0 Å². The molecule has 1 aliphatic rings. The Hall–Kier alpha value is -1.18. The van der Waals surface area contributed by atoms with E-state index in [4.69, 9.17) is 0 Å². The van der Waals surface area contributed by atoms with Crippen molar-refractivity contribution in [1.82, 2.24) is 0 Å². The van der Waals surface area contributed by atoms with Crippen LogP contribution in [0.15, 0.2) is 28.9 Å². The molecule has 0 amide bonds. The summed E-state index contributed by atoms with van der Waals surface area (Å²) in [6, 6.07) is 0. The highest BCUT2D eigenvalue weighted by atomic mass is 16.1. The topological polar surface area (TPSA) is 29.4 Å². The van der Waals surface area contributed by atoms with E-state index >= 15 is 0 Å². The molecule has 1 unspecified atom stereocenters. The summed E-state index contributed by atoms with van der Waals surface area (Å²) in [4.78, 5) is 14.5. The lowest BCUT2D eigenvalue weighted by Crippen LogP contribution is -2.12. The summed E-state index contributed by atoms with van der Waals surface area (Å²) in [6.45, 7) is 4.19. The molecule has 1 aliphatic heterocycles. The zero-order chi connectivity index (χ0) is 9.03. The van der Waals surface area contributed by atoms with E-state index in [0.29, 0.717) is 5.70 Å². The fraction of sp³-hybridized carbons (Fsp3) is 0.400. The molecule has 0 aliphatic carbocycles. The highest BCUT2D eigenvalue weighted by Gasteiger charge is 2.16. The molecule has 1 rings (SSSR count). The number of hydrogen-bond acceptors (Lipinski definition) is 2. The molecule has 12 heavy (non-hydrogen) atoms. The number of hydrogen-bond donors (Lipinski definition) is 0. The molecule has 0 radical (unpaired) electrons. The number of aliphatic imine (C=N–C) groups is 1. The second-order valence-electron chi connectivity index (χ2n) is 3.19. The molecule has 1 heterocycles. The third-order valence-corrected chi connectivity index (χ3v) is 2.14. The van der Waals surface area contributed by atoms with Crippen LogP contribution in [0.3, 0.4) is 0 Å². The maximum Gasteiger partial charge on any atom is 0.168 e. The lowest BCUT2D eigenvalue weighted by molar-refractivity contribution is -0.104. The highest BCUT2D eigenvalue weighted by Crippen LogP contribution is 2.22. The average molecular weight is 163 g/mol. The van der Waals surface area contributed by atoms with Gasteiger partial charge in [0, 0.05) is 11.6 Å². The Morgan fingerprint density at radius 1 is 1.67 bits per heavy atom. The van der Waals surface area contributed by atoms with Gasteiger partial charge in [-0.2, -0.15) is 0 Å². The van der Waals surface area contributed by atoms with E-state index in [1.165, 1.54) is 0 Å². The molecule has 64 valence electrons. The number of rotatable bonds is 2. The fourth-order valence-electron chi connectivity index (χ4n) is 0.953. The first-order chi connectivity index (χ1) is 5.70. The van der Waals surface area contributed by atoms with Crippen LogP contribution in [-0.2, 0) is 4.79 Å². The van der Waals surface area contributed by atoms with Gasteiger partial charge in [-0.1, -0.05) is 26.0 Å². The number of carbonyl (C=O) groups is 1. The lowest BCUT2D eigenvalue weighted by Gasteiger charge is -2.16. The second kappa shape index (κ2) is 3.48. The molecule has 0 saturated heterocycles. The third-order valence-electron chi connectivity index (χ3n) is 2.14. The lowest BCUT2D eigenvalue weighted by atomic mass is 9.89. The number of aldehydes is 1. The van der Waals surface area contributed by atoms with Crippen LogP contribution in [0.2, 0.25) is 0 Å². The summed E-state index contributed by atoms with van der Waals surface area (Å²) in [5, 5.41) is 0. The average Bonchev–Trinajstić information content (AvgIpc) is 2.28. The molecule has 0 fully saturated rings. The van der Waals surface area contributed by atoms with E-state index in [1.54, 1.807) is 6.08 Å². The summed E-state index contributed by atoms with van der Waals surface area (Å²) >= 11 is 0. The standard InChI is InChI=1S/C10H13NO/c1-3-10(2)6-4-5-9(7-12)11-8-10/h4-8H,3H2,1-2H3. The number of allylic oxidation sites excluding steroid dienone is 4. The van der Waals surface area contributed by atoms with Gasteiger partial charge >= 0.3 is 0 Å². The Kier molecular flexibility index (Phi) is 2.58. The monoisotopic (exact) mass is 163 g/mol. The zero-order valence-corrected chi connectivity index (χ0v) is 7.45. The van der Waals surface area contributed by atoms with E-state index in [0.717, 1.165) is 12.7 Å². The first-order valence-corrected chi connectivity index (χ1v) is 4.10. The SMILES string of the molecule is CCC1(C)C=CC=C(C=O)N=C1. The maximum absolute atomic E-state index is 10.4. The molecular formula is C10H13NO. The largest absolute Gasteiger partial charge is 0.296 e. The van der Waals surface area contributed by atoms with Crippen molar-refractivity contribution < 1.29 is 4.79 Å². The molecule has 0 N–H and O–H groups in total. The van der Waals surface area contributed by atoms with Gasteiger partial charge in [0.2, 0.25) is 0 Å². The van der Waals surface area contributed by atoms with Gasteiger partial charge in [-0.3, -0.25) is 9.79 Å². The van der Waals surface area contributed by atoms with Crippen LogP contribution < -0.4 is 0 Å². The fourth-order valence-corrected chi connectivity index (χ4v) is 0.953. The van der Waals surface area contributed by atoms with Crippen LogP contribution in [0.25, 0.3) is 0 Å². The van der Waals surface area contributed by atoms with Gasteiger partial charge in [-0.25, -0.2) is 0 Å². The highest BCUT2D eigenvalue weighted by molar-refractivity contribution is 5.80. The van der Waals surface area contributed by atoms with Crippen molar-refractivity contribution in [2.75, 3.05) is 0 Å². The van der Waals surface area contributed by atoms with Gasteiger partial charge in [0.15, 0.2) is 6.29 Å². The van der Waals surface area contributed by atoms with Gasteiger partial charge in [0.05, 0.1) is 0 Å². The van der Waals surface area contributed by atoms with Crippen LogP contribution in [0.5, 0.6) is 0 Å². The van der Waals surface area contributed by atoms with Crippen LogP contribution in [0.1, 0.15) is 20.3 Å². The van der Waals surface area contributed by atoms with Crippen LogP contribution in [0.4, 0.5) is 0 Å². The van der Waals surface area contributed by atoms with E-state index in [9.17, 15) is 4.79 Å². The Morgan fingerprint density at radius 3 is 3.00 bits per heavy atom. The summed E-state index contributed by atoms with van der Waals surface area (Å²) in [7, 11) is 0. The van der Waals surface area contributed by atoms with Crippen molar-refractivity contribution in [3.63, 3.8) is 0 Å². The van der Waals surface area contributed by atoms with Crippen LogP contribution in [0, 0.1) is 5.41 Å². The zero-order valence-electron chi connectivity index (χ0n) is 7.45. The molecule has 1 atom stereocenters. The van der Waals surface area contributed by atoms with E-state index in [1.807, 2.05) is 12.3 Å². The molecule has 0 bridgehead atoms. The van der Waals surface area contributed by atoms with Crippen LogP contribution >= 0.6 is 0 Å². The minimum absolute atomic E-state index is 0.00125. The van der Waals surface area contributed by atoms with Crippen molar-refractivity contribution in [2.24, 2.45) is 10.4 Å². The minimum atomic E-state index is 0.00125. The number of carbonyl (C=O) groups excluding carboxylic acids is 1. The maximum atomic E-state index is 10.4. The minimum Gasteiger partial charge on any atom is -0.296 e. The predicted molar refractivity (Wildman–Crippen MR) is 50.2 cm³/mol. The first kappa shape index (κ1) is 8.91. The van der Waals surface area contributed by atoms with Crippen molar-refractivity contribution in [3.8, 4) is 0 Å². The van der Waals surface area contributed by atoms with Crippen molar-refractivity contribution >= 4 is 12.5 Å². The van der Waals surface area contributed by atoms with Crippen LogP contribution in [-0.4, -0.2) is 12.5 Å². The quantitative estimate of drug-likeness (QED) is 0.573. The smallest absolute Gasteiger partial charge is 0.168 e. The molecular weight excluding hydrogens is 150 g/mol. The summed E-state index contributed by atoms with van der Waals surface area (Å²) in [5.74, 6) is 0. The van der Waals surface area contributed by atoms with Gasteiger partial charge in [-0.15, -0.1) is 0 Å². The molecule has 2 heteroatoms. The van der Waals surface area contributed by atoms with Crippen molar-refractivity contribution in [1.29, 1.82) is 0 Å². The predicted octanol–water partition coefficient (Wildman–Crippen LogP) is 2.13. The van der Waals surface area contributed by atoms with Gasteiger partial charge in [-0.05, 0) is 12.5 Å². The Morgan fingerprint density at radius 2 is 2.42 bits per heavy atom. The molecule has 2 nitrogen and oxygen atoms in total. The van der Waals surface area contributed by atoms with Crippen molar-refractivity contribution in [2.45, 2.75) is 20.3 Å². The summed E-state index contributed by atoms with van der Waals surface area (Å²) in [5.41, 5.74) is 0.491. The number of nitrogens with zero attached hydrogens (tertiary/aromatic N) is 1. The second-order valence-corrected chi connectivity index (χ2v) is 3.19. The Bertz CT molecular complexity index is 263. The summed E-state index contributed by atoms with van der Waals surface area (Å²) < 4.78 is 0. The third kappa shape index (κ3) is 1.91. The van der Waals surface area contributed by atoms with Gasteiger partial charge in [0.1, 0.15) is 5.70 Å². The molecule has 0 saturated carbocycles. The summed E-state index contributed by atoms with van der Waals surface area (Å²) in [6.07, 6.45) is 9.27. The molecule has 0 spiro atoms. The van der Waals surface area contributed by atoms with E-state index in [2.05, 4.69) is 24.9 Å². The molecule has 0 aromatic heterocycles. The molecule has 0 aromatic carbocycles. The van der Waals surface area contributed by atoms with E-state index in [-0.39, 0.29) is 5.41 Å². The van der Waals surface area contributed by atoms with Crippen molar-refractivity contribution in [3.05, 3.63) is 23.9 Å². The first-order valence-electron chi connectivity index (χ1n) is 4.10. The normalized spacial score (nSPS) is 28.0.